The zero-order valence-corrected chi connectivity index (χ0v) is 53.4. The van der Waals surface area contributed by atoms with Crippen LogP contribution in [0.15, 0.2) is 340 Å². The SMILES string of the molecule is c1ccc(-c2ccccc2Nc2ccc3c(-c4ccccc4)c(Nc4ccccc4-c4ccccc4)ccc3c2-c2ccccc2)cc1.c1ccc2c(c1)-c1cccc3c4cc5c6c7c(cc5c5c4n(c13)C2c1ccccc1-5)c1cccc2c1n7C(c1ccccc1-2)c1ccccc1-6. The van der Waals surface area contributed by atoms with Gasteiger partial charge in [-0.25, -0.2) is 0 Å². The van der Waals surface area contributed by atoms with Crippen molar-refractivity contribution in [1.29, 1.82) is 0 Å². The molecule has 4 aliphatic heterocycles. The molecule has 456 valence electrons. The minimum absolute atomic E-state index is 0.142. The fourth-order valence-corrected chi connectivity index (χ4v) is 17.6. The highest BCUT2D eigenvalue weighted by Crippen LogP contribution is 2.61. The zero-order chi connectivity index (χ0) is 64.1. The van der Waals surface area contributed by atoms with Gasteiger partial charge in [-0.15, -0.1) is 0 Å². The van der Waals surface area contributed by atoms with Gasteiger partial charge in [-0.2, -0.15) is 0 Å². The van der Waals surface area contributed by atoms with E-state index in [9.17, 15) is 0 Å². The van der Waals surface area contributed by atoms with Crippen LogP contribution in [0, 0.1) is 0 Å². The normalized spacial score (nSPS) is 13.9. The van der Waals surface area contributed by atoms with E-state index in [1.807, 2.05) is 0 Å². The molecule has 4 heteroatoms. The van der Waals surface area contributed by atoms with Gasteiger partial charge in [-0.1, -0.05) is 303 Å². The Bertz CT molecular complexity index is 5970. The molecule has 0 bridgehead atoms. The molecule has 0 aliphatic carbocycles. The maximum Gasteiger partial charge on any atom is 0.0857 e. The Morgan fingerprint density at radius 3 is 0.898 bits per heavy atom. The second kappa shape index (κ2) is 21.4. The number of anilines is 4. The van der Waals surface area contributed by atoms with Gasteiger partial charge in [-0.3, -0.25) is 0 Å². The van der Waals surface area contributed by atoms with Crippen LogP contribution in [0.25, 0.3) is 154 Å². The van der Waals surface area contributed by atoms with Crippen LogP contribution < -0.4 is 10.6 Å². The number of rotatable bonds is 8. The van der Waals surface area contributed by atoms with Gasteiger partial charge in [0.15, 0.2) is 0 Å². The van der Waals surface area contributed by atoms with Crippen molar-refractivity contribution >= 4 is 87.9 Å². The molecule has 0 radical (unpaired) electrons. The molecule has 2 N–H and O–H groups in total. The summed E-state index contributed by atoms with van der Waals surface area (Å²) in [6, 6.07) is 125. The van der Waals surface area contributed by atoms with Crippen LogP contribution >= 0.6 is 0 Å². The van der Waals surface area contributed by atoms with E-state index in [-0.39, 0.29) is 12.1 Å². The second-order valence-corrected chi connectivity index (χ2v) is 26.6. The Morgan fingerprint density at radius 2 is 0.500 bits per heavy atom. The smallest absolute Gasteiger partial charge is 0.0857 e. The summed E-state index contributed by atoms with van der Waals surface area (Å²) < 4.78 is 5.40. The van der Waals surface area contributed by atoms with E-state index in [0.29, 0.717) is 0 Å². The van der Waals surface area contributed by atoms with Gasteiger partial charge >= 0.3 is 0 Å². The average molecular weight is 1250 g/mol. The average Bonchev–Trinajstić information content (AvgIpc) is 1.46. The molecule has 16 aromatic carbocycles. The van der Waals surface area contributed by atoms with Crippen molar-refractivity contribution in [1.82, 2.24) is 9.13 Å². The molecule has 18 aromatic rings. The topological polar surface area (TPSA) is 33.9 Å². The summed E-state index contributed by atoms with van der Waals surface area (Å²) in [5.74, 6) is 0. The van der Waals surface area contributed by atoms with E-state index in [4.69, 9.17) is 0 Å². The maximum atomic E-state index is 3.85. The molecular formula is C94H60N4. The van der Waals surface area contributed by atoms with Crippen LogP contribution in [-0.4, -0.2) is 9.13 Å². The van der Waals surface area contributed by atoms with Crippen molar-refractivity contribution in [2.75, 3.05) is 10.6 Å². The molecule has 0 saturated heterocycles. The molecule has 4 aliphatic rings. The van der Waals surface area contributed by atoms with Crippen LogP contribution in [0.1, 0.15) is 34.3 Å². The van der Waals surface area contributed by atoms with Gasteiger partial charge in [-0.05, 0) is 125 Å². The number of para-hydroxylation sites is 4. The maximum absolute atomic E-state index is 3.85. The first-order valence-electron chi connectivity index (χ1n) is 34.1. The highest BCUT2D eigenvalue weighted by Gasteiger charge is 2.40. The van der Waals surface area contributed by atoms with Gasteiger partial charge in [0.1, 0.15) is 0 Å². The third-order valence-corrected chi connectivity index (χ3v) is 21.6. The Hall–Kier alpha value is -12.8. The highest BCUT2D eigenvalue weighted by molar-refractivity contribution is 6.31. The van der Waals surface area contributed by atoms with Crippen LogP contribution in [0.4, 0.5) is 22.7 Å². The highest BCUT2D eigenvalue weighted by atomic mass is 15.1. The summed E-state index contributed by atoms with van der Waals surface area (Å²) >= 11 is 0. The molecule has 98 heavy (non-hydrogen) atoms. The van der Waals surface area contributed by atoms with E-state index in [1.54, 1.807) is 0 Å². The van der Waals surface area contributed by atoms with E-state index in [0.717, 1.165) is 33.9 Å². The predicted octanol–water partition coefficient (Wildman–Crippen LogP) is 25.2. The van der Waals surface area contributed by atoms with E-state index >= 15 is 0 Å². The number of fused-ring (bicyclic) bond motifs is 18. The largest absolute Gasteiger partial charge is 0.354 e. The fraction of sp³-hybridized carbons (Fsp3) is 0.0213. The Kier molecular flexibility index (Phi) is 11.9. The van der Waals surface area contributed by atoms with E-state index in [2.05, 4.69) is 359 Å². The van der Waals surface area contributed by atoms with Crippen molar-refractivity contribution in [2.45, 2.75) is 12.1 Å². The lowest BCUT2D eigenvalue weighted by Crippen LogP contribution is -2.21. The molecular weight excluding hydrogens is 1190 g/mol. The summed E-state index contributed by atoms with van der Waals surface area (Å²) in [6.07, 6.45) is 0. The molecule has 0 saturated carbocycles. The Morgan fingerprint density at radius 1 is 0.184 bits per heavy atom. The first kappa shape index (κ1) is 54.6. The zero-order valence-electron chi connectivity index (χ0n) is 53.4. The van der Waals surface area contributed by atoms with E-state index in [1.165, 1.54) is 165 Å². The predicted molar refractivity (Wildman–Crippen MR) is 411 cm³/mol. The number of hydrogen-bond acceptors (Lipinski definition) is 2. The van der Waals surface area contributed by atoms with Gasteiger partial charge in [0.05, 0.1) is 34.2 Å². The van der Waals surface area contributed by atoms with Crippen LogP contribution in [0.2, 0.25) is 0 Å². The number of nitrogens with one attached hydrogen (secondary N) is 2. The van der Waals surface area contributed by atoms with E-state index < -0.39 is 0 Å². The first-order chi connectivity index (χ1) is 48.7. The molecule has 0 fully saturated rings. The van der Waals surface area contributed by atoms with Crippen LogP contribution in [0.5, 0.6) is 0 Å². The van der Waals surface area contributed by atoms with Crippen LogP contribution in [0.3, 0.4) is 0 Å². The van der Waals surface area contributed by atoms with Crippen molar-refractivity contribution in [2.24, 2.45) is 0 Å². The molecule has 0 spiro atoms. The summed E-state index contributed by atoms with van der Waals surface area (Å²) in [6.45, 7) is 0. The lowest BCUT2D eigenvalue weighted by Gasteiger charge is -2.36. The third-order valence-electron chi connectivity index (χ3n) is 21.6. The number of aromatic nitrogens is 2. The fourth-order valence-electron chi connectivity index (χ4n) is 17.6. The van der Waals surface area contributed by atoms with Crippen molar-refractivity contribution < 1.29 is 0 Å². The number of nitrogens with zero attached hydrogens (tertiary/aromatic N) is 2. The molecule has 2 atom stereocenters. The van der Waals surface area contributed by atoms with Gasteiger partial charge in [0, 0.05) is 88.8 Å². The summed E-state index contributed by atoms with van der Waals surface area (Å²) in [7, 11) is 0. The molecule has 6 heterocycles. The van der Waals surface area contributed by atoms with Crippen molar-refractivity contribution in [3.63, 3.8) is 0 Å². The van der Waals surface area contributed by atoms with Gasteiger partial charge in [0.25, 0.3) is 0 Å². The Labute approximate surface area is 567 Å². The van der Waals surface area contributed by atoms with Gasteiger partial charge in [0.2, 0.25) is 0 Å². The third kappa shape index (κ3) is 7.88. The first-order valence-corrected chi connectivity index (χ1v) is 34.1. The summed E-state index contributed by atoms with van der Waals surface area (Å²) in [5.41, 5.74) is 35.5. The molecule has 0 amide bonds. The summed E-state index contributed by atoms with van der Waals surface area (Å²) in [5, 5.41) is 18.2. The lowest BCUT2D eigenvalue weighted by molar-refractivity contribution is 0.717. The standard InChI is InChI=1S/C48H26N2.C46H34N2/c1-5-15-29-25(11-1)31-19-9-21-35-39-23-37-38(41-27-13-3-7-17-33(27)43(29)49(45(31)35)47(39)41)24-40-36-22-10-20-32-26-12-2-6-16-30(26)44-34-18-8-4-14-28(34)42(37)48(40)50(44)46(32)36;1-5-17-33(18-6-1)37-25-13-15-27-41(37)47-43-31-29-40-39(45(43)35-21-9-3-10-22-35)30-32-44(46(40)36-23-11-4-12-24-36)48-42-28-16-14-26-38(42)34-19-7-2-8-20-34/h1-24,43-44H;1-32,47-48H. The quantitative estimate of drug-likeness (QED) is 0.159. The summed E-state index contributed by atoms with van der Waals surface area (Å²) in [4.78, 5) is 0. The monoisotopic (exact) mass is 1240 g/mol. The lowest BCUT2D eigenvalue weighted by atomic mass is 9.79. The number of hydrogen-bond donors (Lipinski definition) is 2. The number of benzene rings is 16. The van der Waals surface area contributed by atoms with Crippen molar-refractivity contribution in [3.05, 3.63) is 362 Å². The van der Waals surface area contributed by atoms with Crippen molar-refractivity contribution in [3.8, 4) is 89.0 Å². The Balaban J connectivity index is 0.000000129. The second-order valence-electron chi connectivity index (χ2n) is 26.6. The molecule has 22 rings (SSSR count). The van der Waals surface area contributed by atoms with Crippen LogP contribution in [-0.2, 0) is 0 Å². The molecule has 2 aromatic heterocycles. The minimum atomic E-state index is 0.142. The van der Waals surface area contributed by atoms with Gasteiger partial charge < -0.3 is 19.8 Å². The molecule has 2 unspecified atom stereocenters. The minimum Gasteiger partial charge on any atom is -0.354 e. The molecule has 4 nitrogen and oxygen atoms in total.